The molecule has 4 nitrogen and oxygen atoms in total. The monoisotopic (exact) mass is 248 g/mol. The van der Waals surface area contributed by atoms with E-state index in [0.29, 0.717) is 16.9 Å². The number of pyridine rings is 1. The molecule has 1 atom stereocenters. The van der Waals surface area contributed by atoms with Gasteiger partial charge in [-0.05, 0) is 18.6 Å². The lowest BCUT2D eigenvalue weighted by molar-refractivity contribution is 0.873. The van der Waals surface area contributed by atoms with Gasteiger partial charge in [0.05, 0.1) is 11.1 Å². The summed E-state index contributed by atoms with van der Waals surface area (Å²) in [7, 11) is 0. The average molecular weight is 248 g/mol. The van der Waals surface area contributed by atoms with Crippen molar-refractivity contribution in [2.24, 2.45) is 0 Å². The molecule has 1 aromatic heterocycles. The third kappa shape index (κ3) is 2.88. The van der Waals surface area contributed by atoms with Crippen molar-refractivity contribution in [1.29, 1.82) is 10.5 Å². The van der Waals surface area contributed by atoms with Crippen LogP contribution in [-0.2, 0) is 0 Å². The molecule has 0 bridgehead atoms. The van der Waals surface area contributed by atoms with Gasteiger partial charge in [0.25, 0.3) is 0 Å². The summed E-state index contributed by atoms with van der Waals surface area (Å²) in [6, 6.07) is 15.5. The summed E-state index contributed by atoms with van der Waals surface area (Å²) >= 11 is 0. The van der Waals surface area contributed by atoms with Crippen LogP contribution in [-0.4, -0.2) is 4.98 Å². The number of benzene rings is 1. The van der Waals surface area contributed by atoms with Crippen molar-refractivity contribution >= 4 is 5.82 Å². The molecule has 0 amide bonds. The van der Waals surface area contributed by atoms with E-state index in [0.717, 1.165) is 5.56 Å². The second-order valence-corrected chi connectivity index (χ2v) is 4.12. The molecule has 4 heteroatoms. The van der Waals surface area contributed by atoms with Gasteiger partial charge in [-0.15, -0.1) is 0 Å². The third-order valence-electron chi connectivity index (χ3n) is 2.79. The molecule has 19 heavy (non-hydrogen) atoms. The van der Waals surface area contributed by atoms with Crippen LogP contribution in [0.2, 0.25) is 0 Å². The van der Waals surface area contributed by atoms with Gasteiger partial charge in [0.2, 0.25) is 0 Å². The van der Waals surface area contributed by atoms with Crippen molar-refractivity contribution in [3.8, 4) is 12.1 Å². The molecule has 0 unspecified atom stereocenters. The second kappa shape index (κ2) is 5.66. The van der Waals surface area contributed by atoms with Crippen molar-refractivity contribution in [3.05, 3.63) is 59.3 Å². The van der Waals surface area contributed by atoms with Gasteiger partial charge < -0.3 is 5.32 Å². The number of rotatable bonds is 3. The highest BCUT2D eigenvalue weighted by Crippen LogP contribution is 2.20. The molecule has 2 rings (SSSR count). The zero-order chi connectivity index (χ0) is 13.7. The smallest absolute Gasteiger partial charge is 0.144 e. The van der Waals surface area contributed by atoms with Gasteiger partial charge >= 0.3 is 0 Å². The quantitative estimate of drug-likeness (QED) is 0.906. The minimum absolute atomic E-state index is 0.0359. The fraction of sp³-hybridized carbons (Fsp3) is 0.133. The van der Waals surface area contributed by atoms with Crippen LogP contribution < -0.4 is 5.32 Å². The summed E-state index contributed by atoms with van der Waals surface area (Å²) in [5, 5.41) is 21.1. The van der Waals surface area contributed by atoms with Gasteiger partial charge in [-0.2, -0.15) is 10.5 Å². The molecule has 0 saturated heterocycles. The first-order valence-corrected chi connectivity index (χ1v) is 5.86. The van der Waals surface area contributed by atoms with Crippen molar-refractivity contribution in [1.82, 2.24) is 4.98 Å². The van der Waals surface area contributed by atoms with E-state index in [4.69, 9.17) is 10.5 Å². The van der Waals surface area contributed by atoms with Gasteiger partial charge in [-0.25, -0.2) is 4.98 Å². The Balaban J connectivity index is 2.25. The molecule has 1 N–H and O–H groups in total. The maximum Gasteiger partial charge on any atom is 0.144 e. The van der Waals surface area contributed by atoms with Gasteiger partial charge in [0.15, 0.2) is 0 Å². The highest BCUT2D eigenvalue weighted by Gasteiger charge is 2.10. The third-order valence-corrected chi connectivity index (χ3v) is 2.79. The number of hydrogen-bond donors (Lipinski definition) is 1. The highest BCUT2D eigenvalue weighted by atomic mass is 15.0. The van der Waals surface area contributed by atoms with Crippen LogP contribution in [0.15, 0.2) is 42.6 Å². The minimum atomic E-state index is 0.0359. The Morgan fingerprint density at radius 1 is 1.16 bits per heavy atom. The molecule has 0 saturated carbocycles. The van der Waals surface area contributed by atoms with E-state index in [1.165, 1.54) is 12.3 Å². The Labute approximate surface area is 112 Å². The first kappa shape index (κ1) is 12.6. The molecule has 2 aromatic rings. The van der Waals surface area contributed by atoms with E-state index in [-0.39, 0.29) is 6.04 Å². The molecule has 1 heterocycles. The van der Waals surface area contributed by atoms with E-state index < -0.39 is 0 Å². The number of nitrogens with one attached hydrogen (secondary N) is 1. The Morgan fingerprint density at radius 3 is 2.53 bits per heavy atom. The topological polar surface area (TPSA) is 72.5 Å². The molecule has 0 aliphatic heterocycles. The van der Waals surface area contributed by atoms with Gasteiger partial charge in [-0.3, -0.25) is 0 Å². The fourth-order valence-electron chi connectivity index (χ4n) is 1.76. The van der Waals surface area contributed by atoms with E-state index in [9.17, 15) is 0 Å². The molecular formula is C15H12N4. The van der Waals surface area contributed by atoms with Crippen LogP contribution in [0.25, 0.3) is 0 Å². The molecular weight excluding hydrogens is 236 g/mol. The molecule has 0 fully saturated rings. The van der Waals surface area contributed by atoms with Crippen molar-refractivity contribution in [3.63, 3.8) is 0 Å². The van der Waals surface area contributed by atoms with Gasteiger partial charge in [0.1, 0.15) is 18.0 Å². The second-order valence-electron chi connectivity index (χ2n) is 4.12. The lowest BCUT2D eigenvalue weighted by atomic mass is 10.1. The van der Waals surface area contributed by atoms with E-state index in [2.05, 4.69) is 16.4 Å². The molecule has 0 aliphatic rings. The van der Waals surface area contributed by atoms with Crippen LogP contribution in [0.1, 0.15) is 29.7 Å². The molecule has 0 aliphatic carbocycles. The minimum Gasteiger partial charge on any atom is -0.362 e. The van der Waals surface area contributed by atoms with Gasteiger partial charge in [-0.1, -0.05) is 30.3 Å². The van der Waals surface area contributed by atoms with Crippen molar-refractivity contribution in [2.75, 3.05) is 5.32 Å². The van der Waals surface area contributed by atoms with E-state index in [1.807, 2.05) is 43.3 Å². The SMILES string of the molecule is C[C@@H](Nc1ncc(C#N)cc1C#N)c1ccccc1. The zero-order valence-corrected chi connectivity index (χ0v) is 10.5. The summed E-state index contributed by atoms with van der Waals surface area (Å²) < 4.78 is 0. The fourth-order valence-corrected chi connectivity index (χ4v) is 1.76. The van der Waals surface area contributed by atoms with Gasteiger partial charge in [0, 0.05) is 12.2 Å². The summed E-state index contributed by atoms with van der Waals surface area (Å²) in [5.41, 5.74) is 1.87. The number of aromatic nitrogens is 1. The van der Waals surface area contributed by atoms with Crippen LogP contribution in [0.3, 0.4) is 0 Å². The number of nitrogens with zero attached hydrogens (tertiary/aromatic N) is 3. The van der Waals surface area contributed by atoms with Crippen LogP contribution in [0, 0.1) is 22.7 Å². The zero-order valence-electron chi connectivity index (χ0n) is 10.5. The molecule has 0 spiro atoms. The van der Waals surface area contributed by atoms with Crippen LogP contribution in [0.5, 0.6) is 0 Å². The van der Waals surface area contributed by atoms with Crippen molar-refractivity contribution < 1.29 is 0 Å². The van der Waals surface area contributed by atoms with Crippen LogP contribution in [0.4, 0.5) is 5.82 Å². The Hall–Kier alpha value is -2.85. The lowest BCUT2D eigenvalue weighted by Crippen LogP contribution is -2.09. The summed E-state index contributed by atoms with van der Waals surface area (Å²) in [5.74, 6) is 0.498. The highest BCUT2D eigenvalue weighted by molar-refractivity contribution is 5.55. The average Bonchev–Trinajstić information content (AvgIpc) is 2.48. The molecule has 1 aromatic carbocycles. The number of hydrogen-bond acceptors (Lipinski definition) is 4. The Kier molecular flexibility index (Phi) is 3.75. The Morgan fingerprint density at radius 2 is 1.89 bits per heavy atom. The largest absolute Gasteiger partial charge is 0.362 e. The van der Waals surface area contributed by atoms with Crippen molar-refractivity contribution in [2.45, 2.75) is 13.0 Å². The first-order valence-electron chi connectivity index (χ1n) is 5.86. The maximum atomic E-state index is 9.08. The van der Waals surface area contributed by atoms with E-state index >= 15 is 0 Å². The van der Waals surface area contributed by atoms with Crippen LogP contribution >= 0.6 is 0 Å². The predicted octanol–water partition coefficient (Wildman–Crippen LogP) is 3.00. The van der Waals surface area contributed by atoms with E-state index in [1.54, 1.807) is 0 Å². The number of anilines is 1. The molecule has 0 radical (unpaired) electrons. The summed E-state index contributed by atoms with van der Waals surface area (Å²) in [6.45, 7) is 2.00. The predicted molar refractivity (Wildman–Crippen MR) is 72.1 cm³/mol. The summed E-state index contributed by atoms with van der Waals surface area (Å²) in [4.78, 5) is 4.13. The number of nitriles is 2. The first-order chi connectivity index (χ1) is 9.24. The standard InChI is InChI=1S/C15H12N4/c1-11(13-5-3-2-4-6-13)19-15-14(9-17)7-12(8-16)10-18-15/h2-7,10-11H,1H3,(H,18,19)/t11-/m1/s1. The Bertz CT molecular complexity index is 650. The lowest BCUT2D eigenvalue weighted by Gasteiger charge is -2.15. The molecule has 92 valence electrons. The summed E-state index contributed by atoms with van der Waals surface area (Å²) in [6.07, 6.45) is 1.46. The normalized spacial score (nSPS) is 11.1. The maximum absolute atomic E-state index is 9.08.